The molecule has 4 rings (SSSR count). The molecule has 1 aromatic carbocycles. The van der Waals surface area contributed by atoms with Crippen molar-refractivity contribution in [2.45, 2.75) is 51.1 Å². The first kappa shape index (κ1) is 24.0. The summed E-state index contributed by atoms with van der Waals surface area (Å²) in [6.45, 7) is 7.80. The van der Waals surface area contributed by atoms with E-state index in [-0.39, 0.29) is 24.1 Å². The number of benzene rings is 1. The van der Waals surface area contributed by atoms with Crippen molar-refractivity contribution in [3.63, 3.8) is 0 Å². The van der Waals surface area contributed by atoms with Crippen LogP contribution in [0.1, 0.15) is 53.1 Å². The average Bonchev–Trinajstić information content (AvgIpc) is 3.14. The smallest absolute Gasteiger partial charge is 0.254 e. The molecule has 7 nitrogen and oxygen atoms in total. The molecule has 0 radical (unpaired) electrons. The summed E-state index contributed by atoms with van der Waals surface area (Å²) in [4.78, 5) is 31.5. The van der Waals surface area contributed by atoms with Gasteiger partial charge in [0.05, 0.1) is 5.56 Å². The zero-order chi connectivity index (χ0) is 24.4. The lowest BCUT2D eigenvalue weighted by molar-refractivity contribution is 0.0951. The first-order valence-electron chi connectivity index (χ1n) is 11.6. The Morgan fingerprint density at radius 3 is 2.68 bits per heavy atom. The van der Waals surface area contributed by atoms with Gasteiger partial charge < -0.3 is 19.8 Å². The van der Waals surface area contributed by atoms with Gasteiger partial charge in [-0.25, -0.2) is 0 Å². The van der Waals surface area contributed by atoms with E-state index < -0.39 is 0 Å². The van der Waals surface area contributed by atoms with Gasteiger partial charge in [0.2, 0.25) is 0 Å². The number of carbonyl (C=O) groups excluding carboxylic acids is 1. The summed E-state index contributed by atoms with van der Waals surface area (Å²) >= 11 is 1.50. The quantitative estimate of drug-likeness (QED) is 0.407. The highest BCUT2D eigenvalue weighted by Gasteiger charge is 2.29. The molecule has 3 heterocycles. The minimum Gasteiger partial charge on any atom is -0.348 e. The summed E-state index contributed by atoms with van der Waals surface area (Å²) in [5.74, 6) is 0.260. The third kappa shape index (κ3) is 4.45. The number of likely N-dealkylation sites (tertiary alicyclic amines) is 1. The van der Waals surface area contributed by atoms with Crippen LogP contribution in [-0.4, -0.2) is 39.7 Å². The van der Waals surface area contributed by atoms with Crippen molar-refractivity contribution in [1.29, 1.82) is 5.26 Å². The number of pyridine rings is 1. The molecule has 8 heteroatoms. The van der Waals surface area contributed by atoms with E-state index in [1.807, 2.05) is 49.3 Å². The van der Waals surface area contributed by atoms with E-state index >= 15 is 0 Å². The van der Waals surface area contributed by atoms with Crippen LogP contribution in [0.15, 0.2) is 40.0 Å². The van der Waals surface area contributed by atoms with E-state index in [4.69, 9.17) is 0 Å². The maximum atomic E-state index is 13.4. The van der Waals surface area contributed by atoms with Crippen LogP contribution in [0.3, 0.4) is 0 Å². The first-order valence-corrected chi connectivity index (χ1v) is 12.9. The zero-order valence-corrected chi connectivity index (χ0v) is 21.0. The second-order valence-corrected chi connectivity index (χ2v) is 9.87. The lowest BCUT2D eigenvalue weighted by Crippen LogP contribution is -2.33. The topological polar surface area (TPSA) is 93.9 Å². The lowest BCUT2D eigenvalue weighted by Gasteiger charge is -2.33. The summed E-state index contributed by atoms with van der Waals surface area (Å²) in [6, 6.07) is 10.2. The maximum absolute atomic E-state index is 13.4. The molecule has 1 fully saturated rings. The van der Waals surface area contributed by atoms with Gasteiger partial charge in [0.1, 0.15) is 0 Å². The fourth-order valence-electron chi connectivity index (χ4n) is 5.19. The van der Waals surface area contributed by atoms with Gasteiger partial charge in [0, 0.05) is 58.4 Å². The summed E-state index contributed by atoms with van der Waals surface area (Å²) in [7, 11) is 0. The Morgan fingerprint density at radius 1 is 1.29 bits per heavy atom. The molecule has 2 aromatic heterocycles. The average molecular weight is 478 g/mol. The van der Waals surface area contributed by atoms with Crippen LogP contribution in [0.25, 0.3) is 10.9 Å². The minimum absolute atomic E-state index is 0.166. The number of nitriles is 1. The number of hydrogen-bond acceptors (Lipinski definition) is 5. The fraction of sp³-hybridized carbons (Fsp3) is 0.423. The number of H-pyrrole nitrogens is 1. The molecule has 0 saturated carbocycles. The number of carbonyl (C=O) groups is 1. The maximum Gasteiger partial charge on any atom is 0.254 e. The first-order chi connectivity index (χ1) is 16.3. The van der Waals surface area contributed by atoms with Gasteiger partial charge >= 0.3 is 0 Å². The highest BCUT2D eigenvalue weighted by Crippen LogP contribution is 2.35. The number of nitrogens with one attached hydrogen (secondary N) is 2. The molecule has 2 N–H and O–H groups in total. The minimum atomic E-state index is -0.175. The van der Waals surface area contributed by atoms with E-state index in [0.29, 0.717) is 17.0 Å². The Balaban J connectivity index is 1.64. The van der Waals surface area contributed by atoms with Gasteiger partial charge in [0.15, 0.2) is 6.19 Å². The SMILES string of the molecule is CSc1cc(C)[nH]c(=O)c1CNC(=O)c1c(C)n([C@H](C)C2CCN(C#N)CC2)c2ccccc12. The largest absolute Gasteiger partial charge is 0.348 e. The molecule has 0 spiro atoms. The summed E-state index contributed by atoms with van der Waals surface area (Å²) in [6.07, 6.45) is 6.09. The van der Waals surface area contributed by atoms with Gasteiger partial charge in [-0.1, -0.05) is 18.2 Å². The van der Waals surface area contributed by atoms with E-state index in [9.17, 15) is 14.9 Å². The van der Waals surface area contributed by atoms with Crippen LogP contribution in [0.2, 0.25) is 0 Å². The van der Waals surface area contributed by atoms with Crippen LogP contribution < -0.4 is 10.9 Å². The number of rotatable bonds is 6. The van der Waals surface area contributed by atoms with E-state index in [1.165, 1.54) is 11.8 Å². The van der Waals surface area contributed by atoms with Gasteiger partial charge in [-0.2, -0.15) is 5.26 Å². The third-order valence-corrected chi connectivity index (χ3v) is 7.83. The normalized spacial score (nSPS) is 15.3. The number of aromatic nitrogens is 2. The summed E-state index contributed by atoms with van der Waals surface area (Å²) in [5, 5.41) is 13.1. The molecule has 178 valence electrons. The van der Waals surface area contributed by atoms with E-state index in [2.05, 4.69) is 34.1 Å². The molecule has 1 amide bonds. The summed E-state index contributed by atoms with van der Waals surface area (Å²) in [5.41, 5.74) is 3.84. The molecule has 1 saturated heterocycles. The van der Waals surface area contributed by atoms with Crippen LogP contribution in [0, 0.1) is 31.2 Å². The molecule has 0 bridgehead atoms. The fourth-order valence-corrected chi connectivity index (χ4v) is 5.89. The Bertz CT molecular complexity index is 1310. The lowest BCUT2D eigenvalue weighted by atomic mass is 9.90. The second kappa shape index (κ2) is 9.98. The summed E-state index contributed by atoms with van der Waals surface area (Å²) < 4.78 is 2.28. The standard InChI is InChI=1S/C26H31N5O2S/c1-16-13-23(34-4)21(25(32)29-16)14-28-26(33)24-18(3)31(22-8-6-5-7-20(22)24)17(2)19-9-11-30(15-27)12-10-19/h5-8,13,17,19H,9-12,14H2,1-4H3,(H,28,33)(H,29,32)/t17-/m1/s1. The van der Waals surface area contributed by atoms with Crippen molar-refractivity contribution in [2.24, 2.45) is 5.92 Å². The van der Waals surface area contributed by atoms with Crippen molar-refractivity contribution in [3.8, 4) is 6.19 Å². The highest BCUT2D eigenvalue weighted by molar-refractivity contribution is 7.98. The van der Waals surface area contributed by atoms with Crippen molar-refractivity contribution in [3.05, 3.63) is 63.2 Å². The number of thioether (sulfide) groups is 1. The molecule has 3 aromatic rings. The van der Waals surface area contributed by atoms with Crippen LogP contribution >= 0.6 is 11.8 Å². The number of aryl methyl sites for hydroxylation is 1. The molecule has 1 aliphatic rings. The Labute approximate surface area is 204 Å². The van der Waals surface area contributed by atoms with Crippen LogP contribution in [0.4, 0.5) is 0 Å². The van der Waals surface area contributed by atoms with Crippen molar-refractivity contribution in [1.82, 2.24) is 19.8 Å². The number of piperidine rings is 1. The van der Waals surface area contributed by atoms with E-state index in [0.717, 1.165) is 53.1 Å². The highest BCUT2D eigenvalue weighted by atomic mass is 32.2. The second-order valence-electron chi connectivity index (χ2n) is 9.02. The van der Waals surface area contributed by atoms with Gasteiger partial charge in [-0.15, -0.1) is 11.8 Å². The van der Waals surface area contributed by atoms with Crippen LogP contribution in [-0.2, 0) is 6.54 Å². The van der Waals surface area contributed by atoms with Gasteiger partial charge in [-0.05, 0) is 57.9 Å². The van der Waals surface area contributed by atoms with E-state index in [1.54, 1.807) is 0 Å². The Hall–Kier alpha value is -3.18. The number of aromatic amines is 1. The Kier molecular flexibility index (Phi) is 7.03. The van der Waals surface area contributed by atoms with Crippen molar-refractivity contribution >= 4 is 28.6 Å². The number of amides is 1. The molecule has 0 unspecified atom stereocenters. The van der Waals surface area contributed by atoms with Crippen molar-refractivity contribution < 1.29 is 4.79 Å². The number of para-hydroxylation sites is 1. The van der Waals surface area contributed by atoms with Gasteiger partial charge in [-0.3, -0.25) is 9.59 Å². The number of hydrogen-bond donors (Lipinski definition) is 2. The molecule has 0 aliphatic carbocycles. The molecule has 34 heavy (non-hydrogen) atoms. The number of nitrogens with zero attached hydrogens (tertiary/aromatic N) is 3. The zero-order valence-electron chi connectivity index (χ0n) is 20.1. The predicted molar refractivity (Wildman–Crippen MR) is 136 cm³/mol. The predicted octanol–water partition coefficient (Wildman–Crippen LogP) is 4.35. The molecule has 1 atom stereocenters. The van der Waals surface area contributed by atoms with Crippen molar-refractivity contribution in [2.75, 3.05) is 19.3 Å². The molecular formula is C26H31N5O2S. The van der Waals surface area contributed by atoms with Gasteiger partial charge in [0.25, 0.3) is 11.5 Å². The van der Waals surface area contributed by atoms with Crippen LogP contribution in [0.5, 0.6) is 0 Å². The molecule has 1 aliphatic heterocycles. The monoisotopic (exact) mass is 477 g/mol. The Morgan fingerprint density at radius 2 is 2.00 bits per heavy atom. The molecular weight excluding hydrogens is 446 g/mol. The third-order valence-electron chi connectivity index (χ3n) is 7.03. The number of fused-ring (bicyclic) bond motifs is 1.